The van der Waals surface area contributed by atoms with Crippen LogP contribution in [0.3, 0.4) is 0 Å². The summed E-state index contributed by atoms with van der Waals surface area (Å²) in [5.74, 6) is -1.06. The second-order valence-corrected chi connectivity index (χ2v) is 6.63. The van der Waals surface area contributed by atoms with Crippen molar-refractivity contribution in [1.82, 2.24) is 5.32 Å². The van der Waals surface area contributed by atoms with E-state index in [1.54, 1.807) is 0 Å². The Kier molecular flexibility index (Phi) is 4.86. The number of aliphatic carboxylic acids is 1. The first-order valence-electron chi connectivity index (χ1n) is 7.49. The van der Waals surface area contributed by atoms with Crippen LogP contribution in [0.5, 0.6) is 0 Å². The van der Waals surface area contributed by atoms with Crippen LogP contribution in [-0.4, -0.2) is 35.7 Å². The van der Waals surface area contributed by atoms with Crippen LogP contribution in [0.1, 0.15) is 38.7 Å². The fourth-order valence-electron chi connectivity index (χ4n) is 2.91. The highest BCUT2D eigenvalue weighted by atomic mass is 16.5. The molecule has 5 heteroatoms. The maximum Gasteiger partial charge on any atom is 0.305 e. The Balaban J connectivity index is 2.04. The molecule has 22 heavy (non-hydrogen) atoms. The lowest BCUT2D eigenvalue weighted by Gasteiger charge is -2.30. The van der Waals surface area contributed by atoms with Crippen molar-refractivity contribution in [3.8, 4) is 0 Å². The number of carbonyl (C=O) groups is 2. The largest absolute Gasteiger partial charge is 0.481 e. The molecule has 0 saturated carbocycles. The maximum atomic E-state index is 12.4. The van der Waals surface area contributed by atoms with Crippen LogP contribution in [0.25, 0.3) is 0 Å². The van der Waals surface area contributed by atoms with Crippen molar-refractivity contribution < 1.29 is 19.4 Å². The van der Waals surface area contributed by atoms with Gasteiger partial charge in [0.15, 0.2) is 0 Å². The molecule has 5 nitrogen and oxygen atoms in total. The minimum absolute atomic E-state index is 0.107. The Hall–Kier alpha value is -1.88. The molecular weight excluding hydrogens is 282 g/mol. The Morgan fingerprint density at radius 2 is 2.00 bits per heavy atom. The van der Waals surface area contributed by atoms with Gasteiger partial charge in [-0.3, -0.25) is 9.59 Å². The van der Waals surface area contributed by atoms with Crippen LogP contribution in [0, 0.1) is 0 Å². The molecule has 1 atom stereocenters. The van der Waals surface area contributed by atoms with Crippen LogP contribution in [0.15, 0.2) is 30.3 Å². The minimum atomic E-state index is -0.923. The molecule has 1 fully saturated rings. The third-order valence-corrected chi connectivity index (χ3v) is 4.16. The average Bonchev–Trinajstić information content (AvgIpc) is 2.86. The zero-order valence-corrected chi connectivity index (χ0v) is 13.1. The van der Waals surface area contributed by atoms with Crippen LogP contribution < -0.4 is 5.32 Å². The van der Waals surface area contributed by atoms with E-state index in [2.05, 4.69) is 5.32 Å². The number of carbonyl (C=O) groups excluding carboxylic acids is 1. The van der Waals surface area contributed by atoms with Gasteiger partial charge in [-0.25, -0.2) is 0 Å². The van der Waals surface area contributed by atoms with E-state index in [4.69, 9.17) is 9.84 Å². The summed E-state index contributed by atoms with van der Waals surface area (Å²) >= 11 is 0. The van der Waals surface area contributed by atoms with Crippen molar-refractivity contribution >= 4 is 11.9 Å². The highest BCUT2D eigenvalue weighted by Gasteiger charge is 2.39. The molecule has 1 saturated heterocycles. The summed E-state index contributed by atoms with van der Waals surface area (Å²) in [6.45, 7) is 4.76. The zero-order valence-electron chi connectivity index (χ0n) is 13.1. The van der Waals surface area contributed by atoms with E-state index in [-0.39, 0.29) is 24.3 Å². The van der Waals surface area contributed by atoms with E-state index in [1.165, 1.54) is 0 Å². The van der Waals surface area contributed by atoms with Gasteiger partial charge >= 0.3 is 5.97 Å². The number of rotatable bonds is 6. The van der Waals surface area contributed by atoms with Gasteiger partial charge in [0.1, 0.15) is 0 Å². The monoisotopic (exact) mass is 305 g/mol. The van der Waals surface area contributed by atoms with Gasteiger partial charge in [0.05, 0.1) is 18.6 Å². The molecule has 1 unspecified atom stereocenters. The molecule has 1 aromatic rings. The van der Waals surface area contributed by atoms with Gasteiger partial charge in [-0.15, -0.1) is 0 Å². The van der Waals surface area contributed by atoms with Gasteiger partial charge < -0.3 is 15.2 Å². The summed E-state index contributed by atoms with van der Waals surface area (Å²) in [6.07, 6.45) is 0.736. The second-order valence-electron chi connectivity index (χ2n) is 6.63. The summed E-state index contributed by atoms with van der Waals surface area (Å²) in [5, 5.41) is 12.0. The van der Waals surface area contributed by atoms with Crippen LogP contribution in [0.4, 0.5) is 0 Å². The Bertz CT molecular complexity index is 533. The molecule has 2 rings (SSSR count). The van der Waals surface area contributed by atoms with E-state index in [0.717, 1.165) is 5.56 Å². The van der Waals surface area contributed by atoms with E-state index in [1.807, 2.05) is 44.2 Å². The minimum Gasteiger partial charge on any atom is -0.481 e. The lowest BCUT2D eigenvalue weighted by atomic mass is 9.81. The number of hydrogen-bond acceptors (Lipinski definition) is 3. The number of nitrogens with one attached hydrogen (secondary N) is 1. The summed E-state index contributed by atoms with van der Waals surface area (Å²) in [4.78, 5) is 23.5. The third-order valence-electron chi connectivity index (χ3n) is 4.16. The maximum absolute atomic E-state index is 12.4. The second kappa shape index (κ2) is 6.48. The van der Waals surface area contributed by atoms with E-state index in [0.29, 0.717) is 19.4 Å². The summed E-state index contributed by atoms with van der Waals surface area (Å²) in [6, 6.07) is 9.84. The van der Waals surface area contributed by atoms with Crippen molar-refractivity contribution in [2.45, 2.75) is 44.1 Å². The van der Waals surface area contributed by atoms with Gasteiger partial charge in [-0.05, 0) is 17.4 Å². The highest BCUT2D eigenvalue weighted by Crippen LogP contribution is 2.28. The van der Waals surface area contributed by atoms with Crippen molar-refractivity contribution in [3.63, 3.8) is 0 Å². The normalized spacial score (nSPS) is 21.5. The number of carboxylic acids is 1. The fourth-order valence-corrected chi connectivity index (χ4v) is 2.91. The number of amides is 1. The van der Waals surface area contributed by atoms with E-state index < -0.39 is 11.5 Å². The standard InChI is InChI=1S/C17H23NO4/c1-16(2,13-6-4-3-5-7-13)10-14(19)18-17(11-15(20)21)8-9-22-12-17/h3-7H,8-12H2,1-2H3,(H,18,19)(H,20,21). The van der Waals surface area contributed by atoms with Crippen molar-refractivity contribution in [1.29, 1.82) is 0 Å². The smallest absolute Gasteiger partial charge is 0.305 e. The molecule has 1 amide bonds. The molecule has 0 aliphatic carbocycles. The van der Waals surface area contributed by atoms with Gasteiger partial charge in [0.25, 0.3) is 0 Å². The van der Waals surface area contributed by atoms with Crippen molar-refractivity contribution in [3.05, 3.63) is 35.9 Å². The molecular formula is C17H23NO4. The quantitative estimate of drug-likeness (QED) is 0.844. The first-order chi connectivity index (χ1) is 10.3. The number of benzene rings is 1. The predicted molar refractivity (Wildman–Crippen MR) is 82.6 cm³/mol. The topological polar surface area (TPSA) is 75.6 Å². The molecule has 1 heterocycles. The number of carboxylic acid groups (broad SMARTS) is 1. The molecule has 0 radical (unpaired) electrons. The predicted octanol–water partition coefficient (Wildman–Crippen LogP) is 2.10. The molecule has 0 spiro atoms. The van der Waals surface area contributed by atoms with Gasteiger partial charge in [0.2, 0.25) is 5.91 Å². The molecule has 0 bridgehead atoms. The summed E-state index contributed by atoms with van der Waals surface area (Å²) in [7, 11) is 0. The van der Waals surface area contributed by atoms with E-state index >= 15 is 0 Å². The molecule has 1 aliphatic heterocycles. The first kappa shape index (κ1) is 16.5. The molecule has 120 valence electrons. The lowest BCUT2D eigenvalue weighted by molar-refractivity contribution is -0.139. The Morgan fingerprint density at radius 3 is 2.55 bits per heavy atom. The summed E-state index contributed by atoms with van der Waals surface area (Å²) in [5.41, 5.74) is 0.00496. The Labute approximate surface area is 130 Å². The van der Waals surface area contributed by atoms with Gasteiger partial charge in [0, 0.05) is 13.0 Å². The van der Waals surface area contributed by atoms with Crippen molar-refractivity contribution in [2.24, 2.45) is 0 Å². The average molecular weight is 305 g/mol. The Morgan fingerprint density at radius 1 is 1.32 bits per heavy atom. The van der Waals surface area contributed by atoms with E-state index in [9.17, 15) is 9.59 Å². The molecule has 1 aliphatic rings. The van der Waals surface area contributed by atoms with Crippen LogP contribution in [0.2, 0.25) is 0 Å². The number of ether oxygens (including phenoxy) is 1. The molecule has 2 N–H and O–H groups in total. The first-order valence-corrected chi connectivity index (χ1v) is 7.49. The summed E-state index contributed by atoms with van der Waals surface area (Å²) < 4.78 is 5.30. The third kappa shape index (κ3) is 4.07. The van der Waals surface area contributed by atoms with Gasteiger partial charge in [-0.2, -0.15) is 0 Å². The zero-order chi connectivity index (χ0) is 16.2. The highest BCUT2D eigenvalue weighted by molar-refractivity contribution is 5.79. The van der Waals surface area contributed by atoms with Gasteiger partial charge in [-0.1, -0.05) is 44.2 Å². The van der Waals surface area contributed by atoms with Crippen molar-refractivity contribution in [2.75, 3.05) is 13.2 Å². The fraction of sp³-hybridized carbons (Fsp3) is 0.529. The number of hydrogen-bond donors (Lipinski definition) is 2. The lowest BCUT2D eigenvalue weighted by Crippen LogP contribution is -2.51. The molecule has 0 aromatic heterocycles. The molecule has 1 aromatic carbocycles. The van der Waals surface area contributed by atoms with Crippen LogP contribution in [-0.2, 0) is 19.7 Å². The SMILES string of the molecule is CC(C)(CC(=O)NC1(CC(=O)O)CCOC1)c1ccccc1. The van der Waals surface area contributed by atoms with Crippen LogP contribution >= 0.6 is 0 Å².